The van der Waals surface area contributed by atoms with Crippen LogP contribution in [0.3, 0.4) is 0 Å². The Labute approximate surface area is 361 Å². The van der Waals surface area contributed by atoms with Crippen molar-refractivity contribution in [1.82, 2.24) is 39.5 Å². The van der Waals surface area contributed by atoms with E-state index in [4.69, 9.17) is 39.8 Å². The fraction of sp³-hybridized carbons (Fsp3) is 0.282. The minimum atomic E-state index is -1.73. The van der Waals surface area contributed by atoms with Crippen LogP contribution in [0.5, 0.6) is 0 Å². The summed E-state index contributed by atoms with van der Waals surface area (Å²) in [5.41, 5.74) is 6.31. The molecular weight excluding hydrogens is 851 g/mol. The van der Waals surface area contributed by atoms with Crippen molar-refractivity contribution < 1.29 is 4.21 Å². The van der Waals surface area contributed by atoms with Crippen molar-refractivity contribution in [3.05, 3.63) is 101 Å². The first kappa shape index (κ1) is 42.3. The van der Waals surface area contributed by atoms with E-state index in [0.717, 1.165) is 44.6 Å². The fourth-order valence-electron chi connectivity index (χ4n) is 6.82. The molecular formula is C39H39Cl3N14O3S. The Kier molecular flexibility index (Phi) is 11.8. The van der Waals surface area contributed by atoms with E-state index in [2.05, 4.69) is 82.9 Å². The molecule has 0 bridgehead atoms. The van der Waals surface area contributed by atoms with Crippen LogP contribution in [-0.2, 0) is 25.3 Å². The van der Waals surface area contributed by atoms with Gasteiger partial charge in [0.2, 0.25) is 0 Å². The van der Waals surface area contributed by atoms with Crippen molar-refractivity contribution in [3.63, 3.8) is 0 Å². The molecule has 1 aliphatic rings. The largest absolute Gasteiger partial charge is 0.350 e. The first-order chi connectivity index (χ1) is 28.4. The number of halogens is 3. The van der Waals surface area contributed by atoms with Gasteiger partial charge in [0.05, 0.1) is 11.4 Å². The van der Waals surface area contributed by atoms with E-state index in [1.165, 1.54) is 12.1 Å². The molecule has 60 heavy (non-hydrogen) atoms. The quantitative estimate of drug-likeness (QED) is 0.0847. The molecule has 0 saturated carbocycles. The summed E-state index contributed by atoms with van der Waals surface area (Å²) in [5.74, 6) is 2.18. The Morgan fingerprint density at radius 2 is 1.02 bits per heavy atom. The number of hydrogen-bond donors (Lipinski definition) is 4. The lowest BCUT2D eigenvalue weighted by atomic mass is 9.99. The van der Waals surface area contributed by atoms with Crippen LogP contribution >= 0.6 is 34.8 Å². The highest BCUT2D eigenvalue weighted by Crippen LogP contribution is 2.33. The molecule has 17 nitrogen and oxygen atoms in total. The summed E-state index contributed by atoms with van der Waals surface area (Å²) >= 11 is 16.1. The van der Waals surface area contributed by atoms with Crippen molar-refractivity contribution in [2.45, 2.75) is 60.3 Å². The number of nitrogens with one attached hydrogen (secondary N) is 4. The SMILES string of the molecule is Cc1cc(NC2=NS(=O)N=C2Nc2cc(C(C)C)c3c(C)nn(C)c3n2)cc(Cl)n1.Cc1nn(C)c2nc(Nc3c(Nc4cc(Cl)nc(Cl)c4)c(=O)c3=O)cc(C(C)C)c12. The molecule has 1 unspecified atom stereocenters. The standard InChI is InChI=1S/C20H18Cl2N6O2.C19H21ClN8OS/c1-8(2)11-7-14(26-20-15(11)9(3)27-28(20)4)25-17-16(18(29)19(17)30)23-10-5-12(21)24-13(22)6-10;1-9(2)13-8-15(24-19-16(13)11(4)25-28(19)5)23-18-17(26-30(29)27-18)22-12-6-10(3)21-14(20)7-12/h5-8H,1-4H3,(H,23,24)(H,25,26);6-9H,1-5H3,(H,21,22,26)(H,23,24,27). The average Bonchev–Trinajstić information content (AvgIpc) is 3.77. The molecule has 6 aromatic heterocycles. The summed E-state index contributed by atoms with van der Waals surface area (Å²) in [6.45, 7) is 14.1. The Morgan fingerprint density at radius 3 is 1.50 bits per heavy atom. The lowest BCUT2D eigenvalue weighted by Crippen LogP contribution is -2.36. The third-order valence-corrected chi connectivity index (χ3v) is 10.7. The summed E-state index contributed by atoms with van der Waals surface area (Å²) < 4.78 is 23.6. The zero-order valence-corrected chi connectivity index (χ0v) is 36.9. The number of fused-ring (bicyclic) bond motifs is 2. The third kappa shape index (κ3) is 8.58. The first-order valence-corrected chi connectivity index (χ1v) is 20.7. The number of pyridine rings is 4. The normalized spacial score (nSPS) is 13.9. The molecule has 1 aromatic carbocycles. The highest BCUT2D eigenvalue weighted by Gasteiger charge is 2.25. The van der Waals surface area contributed by atoms with Crippen molar-refractivity contribution in [1.29, 1.82) is 0 Å². The first-order valence-electron chi connectivity index (χ1n) is 18.5. The average molecular weight is 890 g/mol. The van der Waals surface area contributed by atoms with Crippen LogP contribution in [-0.4, -0.2) is 55.4 Å². The Bertz CT molecular complexity index is 2980. The molecule has 0 aliphatic carbocycles. The van der Waals surface area contributed by atoms with Gasteiger partial charge in [0, 0.05) is 41.9 Å². The minimum Gasteiger partial charge on any atom is -0.350 e. The van der Waals surface area contributed by atoms with Gasteiger partial charge < -0.3 is 21.3 Å². The second-order valence-electron chi connectivity index (χ2n) is 14.7. The molecule has 21 heteroatoms. The maximum absolute atomic E-state index is 12.2. The van der Waals surface area contributed by atoms with Crippen molar-refractivity contribution in [2.75, 3.05) is 21.3 Å². The lowest BCUT2D eigenvalue weighted by molar-refractivity contribution is 0.686. The Hall–Kier alpha value is -5.82. The Balaban J connectivity index is 0.000000181. The predicted octanol–water partition coefficient (Wildman–Crippen LogP) is 7.86. The number of nitrogens with zero attached hydrogens (tertiary/aromatic N) is 10. The van der Waals surface area contributed by atoms with Gasteiger partial charge in [-0.1, -0.05) is 62.5 Å². The predicted molar refractivity (Wildman–Crippen MR) is 241 cm³/mol. The van der Waals surface area contributed by atoms with Gasteiger partial charge in [0.15, 0.2) is 23.0 Å². The highest BCUT2D eigenvalue weighted by atomic mass is 35.5. The molecule has 0 spiro atoms. The molecule has 7 heterocycles. The van der Waals surface area contributed by atoms with Gasteiger partial charge in [-0.25, -0.2) is 24.1 Å². The molecule has 1 atom stereocenters. The lowest BCUT2D eigenvalue weighted by Gasteiger charge is -2.16. The second-order valence-corrected chi connectivity index (χ2v) is 16.6. The smallest absolute Gasteiger partial charge is 0.269 e. The third-order valence-electron chi connectivity index (χ3n) is 9.43. The van der Waals surface area contributed by atoms with Crippen LogP contribution in [0.25, 0.3) is 22.1 Å². The van der Waals surface area contributed by atoms with E-state index < -0.39 is 22.0 Å². The number of amidine groups is 2. The molecule has 310 valence electrons. The van der Waals surface area contributed by atoms with Crippen LogP contribution in [0.2, 0.25) is 15.5 Å². The summed E-state index contributed by atoms with van der Waals surface area (Å²) in [7, 11) is 3.68. The topological polar surface area (TPSA) is 211 Å². The van der Waals surface area contributed by atoms with Crippen LogP contribution in [0.15, 0.2) is 54.8 Å². The van der Waals surface area contributed by atoms with Crippen LogP contribution in [0.1, 0.15) is 67.7 Å². The summed E-state index contributed by atoms with van der Waals surface area (Å²) in [4.78, 5) is 41.7. The van der Waals surface area contributed by atoms with Crippen LogP contribution < -0.4 is 32.1 Å². The molecule has 1 aliphatic heterocycles. The zero-order chi connectivity index (χ0) is 43.3. The second kappa shape index (κ2) is 16.7. The maximum atomic E-state index is 12.2. The fourth-order valence-corrected chi connectivity index (χ4v) is 8.15. The van der Waals surface area contributed by atoms with E-state index in [-0.39, 0.29) is 33.5 Å². The monoisotopic (exact) mass is 888 g/mol. The van der Waals surface area contributed by atoms with Gasteiger partial charge >= 0.3 is 0 Å². The molecule has 8 rings (SSSR count). The van der Waals surface area contributed by atoms with E-state index >= 15 is 0 Å². The number of hydrogen-bond acceptors (Lipinski definition) is 13. The Morgan fingerprint density at radius 1 is 0.583 bits per heavy atom. The van der Waals surface area contributed by atoms with E-state index in [1.54, 1.807) is 15.4 Å². The molecule has 0 fully saturated rings. The summed E-state index contributed by atoms with van der Waals surface area (Å²) in [6, 6.07) is 10.3. The van der Waals surface area contributed by atoms with E-state index in [9.17, 15) is 13.8 Å². The van der Waals surface area contributed by atoms with Crippen LogP contribution in [0, 0.1) is 20.8 Å². The van der Waals surface area contributed by atoms with Crippen molar-refractivity contribution in [2.24, 2.45) is 22.9 Å². The number of aromatic nitrogens is 8. The van der Waals surface area contributed by atoms with Crippen molar-refractivity contribution in [3.8, 4) is 0 Å². The highest BCUT2D eigenvalue weighted by molar-refractivity contribution is 7.83. The summed E-state index contributed by atoms with van der Waals surface area (Å²) in [5, 5.41) is 23.8. The van der Waals surface area contributed by atoms with E-state index in [1.807, 2.05) is 53.1 Å². The van der Waals surface area contributed by atoms with Gasteiger partial charge in [0.25, 0.3) is 22.0 Å². The molecule has 7 aromatic rings. The van der Waals surface area contributed by atoms with Crippen LogP contribution in [0.4, 0.5) is 34.4 Å². The number of rotatable bonds is 8. The van der Waals surface area contributed by atoms with Gasteiger partial charge in [0.1, 0.15) is 38.5 Å². The van der Waals surface area contributed by atoms with Crippen molar-refractivity contribution >= 4 is 114 Å². The minimum absolute atomic E-state index is 0.118. The number of aryl methyl sites for hydroxylation is 5. The molecule has 0 radical (unpaired) electrons. The summed E-state index contributed by atoms with van der Waals surface area (Å²) in [6.07, 6.45) is 0. The van der Waals surface area contributed by atoms with Gasteiger partial charge in [-0.05, 0) is 80.1 Å². The van der Waals surface area contributed by atoms with Gasteiger partial charge in [-0.3, -0.25) is 19.0 Å². The number of anilines is 6. The molecule has 0 amide bonds. The molecule has 4 N–H and O–H groups in total. The molecule has 0 saturated heterocycles. The van der Waals surface area contributed by atoms with E-state index in [0.29, 0.717) is 45.5 Å². The zero-order valence-electron chi connectivity index (χ0n) is 33.9. The van der Waals surface area contributed by atoms with Gasteiger partial charge in [-0.2, -0.15) is 10.2 Å². The van der Waals surface area contributed by atoms with Gasteiger partial charge in [-0.15, -0.1) is 8.80 Å². The maximum Gasteiger partial charge on any atom is 0.269 e.